The van der Waals surface area contributed by atoms with E-state index in [1.807, 2.05) is 20.8 Å². The number of aliphatic hydroxyl groups excluding tert-OH is 1. The predicted molar refractivity (Wildman–Crippen MR) is 133 cm³/mol. The molecular formula is C28H34FNO5. The Hall–Kier alpha value is -3.19. The van der Waals surface area contributed by atoms with Gasteiger partial charge in [0, 0.05) is 18.7 Å². The molecule has 0 saturated carbocycles. The Bertz CT molecular complexity index is 1090. The Morgan fingerprint density at radius 3 is 2.37 bits per heavy atom. The van der Waals surface area contributed by atoms with E-state index in [0.29, 0.717) is 42.4 Å². The molecule has 6 nitrogen and oxygen atoms in total. The lowest BCUT2D eigenvalue weighted by Crippen LogP contribution is -2.31. The number of halogens is 1. The minimum atomic E-state index is -0.827. The number of ketones is 1. The molecule has 0 spiro atoms. The number of hydrogen-bond donors (Lipinski definition) is 1. The van der Waals surface area contributed by atoms with Crippen molar-refractivity contribution in [3.63, 3.8) is 0 Å². The van der Waals surface area contributed by atoms with Gasteiger partial charge in [0.25, 0.3) is 11.7 Å². The summed E-state index contributed by atoms with van der Waals surface area (Å²) in [5.41, 5.74) is 1.74. The van der Waals surface area contributed by atoms with E-state index in [2.05, 4.69) is 13.8 Å². The third-order valence-electron chi connectivity index (χ3n) is 5.74. The van der Waals surface area contributed by atoms with Gasteiger partial charge in [0.2, 0.25) is 0 Å². The monoisotopic (exact) mass is 483 g/mol. The topological polar surface area (TPSA) is 76.1 Å². The standard InChI is InChI=1S/C28H34FNO5/c1-17(2)16-35-23-12-9-21(15-19(23)5)26(31)24-25(20-7-10-22(29)11-8-20)30(28(33)27(24)32)13-6-14-34-18(3)4/h7-12,15,17-18,25,31H,6,13-14,16H2,1-5H3/b26-24-. The van der Waals surface area contributed by atoms with E-state index in [0.717, 1.165) is 5.56 Å². The lowest BCUT2D eigenvalue weighted by molar-refractivity contribution is -0.140. The number of aryl methyl sites for hydroxylation is 1. The predicted octanol–water partition coefficient (Wildman–Crippen LogP) is 5.41. The smallest absolute Gasteiger partial charge is 0.295 e. The SMILES string of the molecule is Cc1cc(/C(O)=C2/C(=O)C(=O)N(CCCOC(C)C)C2c2ccc(F)cc2)ccc1OCC(C)C. The maximum absolute atomic E-state index is 13.6. The number of likely N-dealkylation sites (tertiary alicyclic amines) is 1. The van der Waals surface area contributed by atoms with Gasteiger partial charge >= 0.3 is 0 Å². The molecule has 7 heteroatoms. The summed E-state index contributed by atoms with van der Waals surface area (Å²) in [6.45, 7) is 11.1. The summed E-state index contributed by atoms with van der Waals surface area (Å²) in [6.07, 6.45) is 0.568. The molecule has 1 fully saturated rings. The zero-order chi connectivity index (χ0) is 25.7. The van der Waals surface area contributed by atoms with Crippen LogP contribution in [0.2, 0.25) is 0 Å². The van der Waals surface area contributed by atoms with Crippen molar-refractivity contribution in [3.05, 3.63) is 70.5 Å². The van der Waals surface area contributed by atoms with Crippen LogP contribution in [0.5, 0.6) is 5.75 Å². The molecule has 2 aromatic rings. The number of benzene rings is 2. The van der Waals surface area contributed by atoms with Crippen LogP contribution < -0.4 is 4.74 Å². The second kappa shape index (κ2) is 11.5. The zero-order valence-electron chi connectivity index (χ0n) is 21.0. The van der Waals surface area contributed by atoms with Crippen molar-refractivity contribution in [1.82, 2.24) is 4.90 Å². The van der Waals surface area contributed by atoms with E-state index in [1.54, 1.807) is 18.2 Å². The number of nitrogens with zero attached hydrogens (tertiary/aromatic N) is 1. The van der Waals surface area contributed by atoms with Crippen molar-refractivity contribution in [2.24, 2.45) is 5.92 Å². The Labute approximate surface area is 206 Å². The second-order valence-electron chi connectivity index (χ2n) is 9.50. The molecule has 35 heavy (non-hydrogen) atoms. The fourth-order valence-electron chi connectivity index (χ4n) is 4.03. The van der Waals surface area contributed by atoms with Crippen LogP contribution in [-0.2, 0) is 14.3 Å². The largest absolute Gasteiger partial charge is 0.507 e. The highest BCUT2D eigenvalue weighted by Gasteiger charge is 2.45. The van der Waals surface area contributed by atoms with Crippen LogP contribution in [-0.4, -0.2) is 47.6 Å². The summed E-state index contributed by atoms with van der Waals surface area (Å²) in [6, 6.07) is 9.95. The van der Waals surface area contributed by atoms with E-state index in [9.17, 15) is 19.1 Å². The van der Waals surface area contributed by atoms with E-state index in [1.165, 1.54) is 29.2 Å². The number of ether oxygens (including phenoxy) is 2. The van der Waals surface area contributed by atoms with Crippen LogP contribution in [0, 0.1) is 18.7 Å². The molecule has 1 aliphatic rings. The molecule has 188 valence electrons. The van der Waals surface area contributed by atoms with Crippen molar-refractivity contribution < 1.29 is 28.6 Å². The van der Waals surface area contributed by atoms with Crippen LogP contribution >= 0.6 is 0 Å². The fraction of sp³-hybridized carbons (Fsp3) is 0.429. The molecule has 1 unspecified atom stereocenters. The number of rotatable bonds is 10. The first-order chi connectivity index (χ1) is 16.6. The normalized spacial score (nSPS) is 17.6. The summed E-state index contributed by atoms with van der Waals surface area (Å²) in [4.78, 5) is 27.5. The number of hydrogen-bond acceptors (Lipinski definition) is 5. The molecular weight excluding hydrogens is 449 g/mol. The van der Waals surface area contributed by atoms with E-state index < -0.39 is 23.5 Å². The molecule has 0 radical (unpaired) electrons. The van der Waals surface area contributed by atoms with Crippen molar-refractivity contribution in [2.75, 3.05) is 19.8 Å². The van der Waals surface area contributed by atoms with Crippen molar-refractivity contribution in [3.8, 4) is 5.75 Å². The second-order valence-corrected chi connectivity index (χ2v) is 9.50. The van der Waals surface area contributed by atoms with Crippen molar-refractivity contribution in [1.29, 1.82) is 0 Å². The van der Waals surface area contributed by atoms with Gasteiger partial charge in [0.1, 0.15) is 17.3 Å². The van der Waals surface area contributed by atoms with Crippen LogP contribution in [0.15, 0.2) is 48.0 Å². The number of Topliss-reactive ketones (excluding diaryl/α,β-unsaturated/α-hetero) is 1. The average Bonchev–Trinajstić information content (AvgIpc) is 3.05. The highest BCUT2D eigenvalue weighted by Crippen LogP contribution is 2.40. The lowest BCUT2D eigenvalue weighted by Gasteiger charge is -2.25. The first-order valence-electron chi connectivity index (χ1n) is 12.0. The quantitative estimate of drug-likeness (QED) is 0.212. The summed E-state index contributed by atoms with van der Waals surface area (Å²) in [7, 11) is 0. The molecule has 1 saturated heterocycles. The third kappa shape index (κ3) is 6.28. The molecule has 1 aliphatic heterocycles. The van der Waals surface area contributed by atoms with Crippen molar-refractivity contribution >= 4 is 17.4 Å². The van der Waals surface area contributed by atoms with Crippen LogP contribution in [0.25, 0.3) is 5.76 Å². The number of carbonyl (C=O) groups excluding carboxylic acids is 2. The minimum absolute atomic E-state index is 0.0124. The molecule has 0 aliphatic carbocycles. The fourth-order valence-corrected chi connectivity index (χ4v) is 4.03. The molecule has 3 rings (SSSR count). The molecule has 1 N–H and O–H groups in total. The van der Waals surface area contributed by atoms with E-state index >= 15 is 0 Å². The van der Waals surface area contributed by atoms with E-state index in [4.69, 9.17) is 9.47 Å². The average molecular weight is 484 g/mol. The molecule has 0 aromatic heterocycles. The van der Waals surface area contributed by atoms with Crippen LogP contribution in [0.4, 0.5) is 4.39 Å². The van der Waals surface area contributed by atoms with Gasteiger partial charge in [-0.1, -0.05) is 26.0 Å². The molecule has 2 aromatic carbocycles. The van der Waals surface area contributed by atoms with Gasteiger partial charge in [0.15, 0.2) is 0 Å². The van der Waals surface area contributed by atoms with Gasteiger partial charge in [-0.05, 0) is 74.6 Å². The Morgan fingerprint density at radius 1 is 1.09 bits per heavy atom. The minimum Gasteiger partial charge on any atom is -0.507 e. The van der Waals surface area contributed by atoms with Gasteiger partial charge in [-0.25, -0.2) is 4.39 Å². The molecule has 0 bridgehead atoms. The Balaban J connectivity index is 1.99. The van der Waals surface area contributed by atoms with Crippen molar-refractivity contribution in [2.45, 2.75) is 53.2 Å². The van der Waals surface area contributed by atoms with Gasteiger partial charge in [0.05, 0.1) is 24.3 Å². The number of aliphatic hydroxyl groups is 1. The lowest BCUT2D eigenvalue weighted by atomic mass is 9.94. The molecule has 1 atom stereocenters. The number of amides is 1. The first-order valence-corrected chi connectivity index (χ1v) is 12.0. The van der Waals surface area contributed by atoms with Gasteiger partial charge in [-0.3, -0.25) is 9.59 Å². The highest BCUT2D eigenvalue weighted by atomic mass is 19.1. The Kier molecular flexibility index (Phi) is 8.67. The van der Waals surface area contributed by atoms with Crippen LogP contribution in [0.1, 0.15) is 56.8 Å². The van der Waals surface area contributed by atoms with Crippen LogP contribution in [0.3, 0.4) is 0 Å². The first kappa shape index (κ1) is 26.4. The summed E-state index contributed by atoms with van der Waals surface area (Å²) >= 11 is 0. The molecule has 1 heterocycles. The maximum Gasteiger partial charge on any atom is 0.295 e. The maximum atomic E-state index is 13.6. The molecule has 1 amide bonds. The third-order valence-corrected chi connectivity index (χ3v) is 5.74. The van der Waals surface area contributed by atoms with E-state index in [-0.39, 0.29) is 24.0 Å². The van der Waals surface area contributed by atoms with Gasteiger partial charge < -0.3 is 19.5 Å². The summed E-state index contributed by atoms with van der Waals surface area (Å²) < 4.78 is 25.0. The number of carbonyl (C=O) groups is 2. The Morgan fingerprint density at radius 2 is 1.77 bits per heavy atom. The summed E-state index contributed by atoms with van der Waals surface area (Å²) in [5.74, 6) is -1.10. The van der Waals surface area contributed by atoms with Gasteiger partial charge in [-0.2, -0.15) is 0 Å². The van der Waals surface area contributed by atoms with Gasteiger partial charge in [-0.15, -0.1) is 0 Å². The zero-order valence-corrected chi connectivity index (χ0v) is 21.0. The highest BCUT2D eigenvalue weighted by molar-refractivity contribution is 6.46. The summed E-state index contributed by atoms with van der Waals surface area (Å²) in [5, 5.41) is 11.2.